The van der Waals surface area contributed by atoms with Crippen molar-refractivity contribution >= 4 is 35.7 Å². The number of benzene rings is 2. The zero-order valence-corrected chi connectivity index (χ0v) is 22.2. The molecule has 0 saturated carbocycles. The van der Waals surface area contributed by atoms with Crippen LogP contribution in [0.4, 0.5) is 0 Å². The number of aryl methyl sites for hydroxylation is 3. The van der Waals surface area contributed by atoms with E-state index in [-0.39, 0.29) is 30.3 Å². The Morgan fingerprint density at radius 2 is 1.74 bits per heavy atom. The normalized spacial score (nSPS) is 18.5. The van der Waals surface area contributed by atoms with Crippen LogP contribution in [0, 0.1) is 19.8 Å². The average molecular weight is 507 g/mol. The van der Waals surface area contributed by atoms with Crippen LogP contribution in [-0.4, -0.2) is 53.0 Å². The predicted molar refractivity (Wildman–Crippen MR) is 149 cm³/mol. The standard InChI is InChI=1S/C28H37N3.2ClH.H2O/c1-21-15-24-11-14-31(20-26(24)16-22(21)2)19-23-7-5-12-30(18-23)13-6-8-25-17-29-28-10-4-3-9-27(25)28;;;/h3-4,9-10,15-17,23,29H,5-8,11-14,18-20H2,1-2H3;2*1H;1H2. The molecule has 1 saturated heterocycles. The number of nitrogens with zero attached hydrogens (tertiary/aromatic N) is 2. The van der Waals surface area contributed by atoms with Crippen LogP contribution in [0.1, 0.15) is 47.1 Å². The predicted octanol–water partition coefficient (Wildman–Crippen LogP) is 5.51. The zero-order valence-electron chi connectivity index (χ0n) is 20.6. The minimum atomic E-state index is 0. The van der Waals surface area contributed by atoms with Gasteiger partial charge in [-0.05, 0) is 98.8 Å². The fourth-order valence-electron chi connectivity index (χ4n) is 5.77. The van der Waals surface area contributed by atoms with Crippen LogP contribution < -0.4 is 0 Å². The quantitative estimate of drug-likeness (QED) is 0.480. The Hall–Kier alpha value is -1.56. The molecule has 5 rings (SSSR count). The number of piperidine rings is 1. The van der Waals surface area contributed by atoms with E-state index in [2.05, 4.69) is 71.2 Å². The number of fused-ring (bicyclic) bond motifs is 2. The van der Waals surface area contributed by atoms with Gasteiger partial charge in [-0.1, -0.05) is 30.3 Å². The maximum Gasteiger partial charge on any atom is 0.0456 e. The lowest BCUT2D eigenvalue weighted by Crippen LogP contribution is -2.42. The summed E-state index contributed by atoms with van der Waals surface area (Å²) < 4.78 is 0. The van der Waals surface area contributed by atoms with Crippen LogP contribution >= 0.6 is 24.8 Å². The van der Waals surface area contributed by atoms with Crippen molar-refractivity contribution in [3.05, 3.63) is 70.4 Å². The number of rotatable bonds is 6. The summed E-state index contributed by atoms with van der Waals surface area (Å²) in [5, 5.41) is 1.40. The van der Waals surface area contributed by atoms with Crippen LogP contribution in [0.2, 0.25) is 0 Å². The molecule has 0 aliphatic carbocycles. The fraction of sp³-hybridized carbons (Fsp3) is 0.500. The molecule has 2 aliphatic rings. The highest BCUT2D eigenvalue weighted by Gasteiger charge is 2.24. The first-order chi connectivity index (χ1) is 15.2. The van der Waals surface area contributed by atoms with Gasteiger partial charge in [0.1, 0.15) is 0 Å². The Kier molecular flexibility index (Phi) is 10.9. The second-order valence-electron chi connectivity index (χ2n) is 9.96. The molecule has 1 unspecified atom stereocenters. The summed E-state index contributed by atoms with van der Waals surface area (Å²) >= 11 is 0. The summed E-state index contributed by atoms with van der Waals surface area (Å²) in [4.78, 5) is 8.87. The topological polar surface area (TPSA) is 53.8 Å². The Morgan fingerprint density at radius 1 is 0.971 bits per heavy atom. The molecule has 34 heavy (non-hydrogen) atoms. The summed E-state index contributed by atoms with van der Waals surface area (Å²) in [6.45, 7) is 11.9. The number of halogens is 2. The van der Waals surface area contributed by atoms with Gasteiger partial charge in [-0.2, -0.15) is 0 Å². The van der Waals surface area contributed by atoms with Crippen molar-refractivity contribution in [2.24, 2.45) is 5.92 Å². The van der Waals surface area contributed by atoms with Gasteiger partial charge in [0, 0.05) is 43.3 Å². The number of nitrogens with one attached hydrogen (secondary N) is 1. The Bertz CT molecular complexity index is 1050. The molecule has 2 aliphatic heterocycles. The van der Waals surface area contributed by atoms with Crippen molar-refractivity contribution in [3.8, 4) is 0 Å². The van der Waals surface area contributed by atoms with E-state index in [4.69, 9.17) is 0 Å². The Morgan fingerprint density at radius 3 is 2.56 bits per heavy atom. The Labute approximate surface area is 217 Å². The monoisotopic (exact) mass is 505 g/mol. The van der Waals surface area contributed by atoms with E-state index in [1.54, 1.807) is 11.1 Å². The maximum absolute atomic E-state index is 3.42. The molecule has 2 aromatic carbocycles. The van der Waals surface area contributed by atoms with Gasteiger partial charge >= 0.3 is 0 Å². The smallest absolute Gasteiger partial charge is 0.0456 e. The molecule has 188 valence electrons. The number of H-pyrrole nitrogens is 1. The van der Waals surface area contributed by atoms with Crippen molar-refractivity contribution in [1.29, 1.82) is 0 Å². The van der Waals surface area contributed by atoms with E-state index < -0.39 is 0 Å². The number of aromatic nitrogens is 1. The van der Waals surface area contributed by atoms with Crippen molar-refractivity contribution in [1.82, 2.24) is 14.8 Å². The number of hydrogen-bond acceptors (Lipinski definition) is 2. The fourth-order valence-corrected chi connectivity index (χ4v) is 5.77. The van der Waals surface area contributed by atoms with E-state index in [9.17, 15) is 0 Å². The molecule has 0 bridgehead atoms. The molecule has 3 N–H and O–H groups in total. The number of aromatic amines is 1. The van der Waals surface area contributed by atoms with Crippen LogP contribution in [-0.2, 0) is 19.4 Å². The highest BCUT2D eigenvalue weighted by atomic mass is 35.5. The third kappa shape index (κ3) is 6.56. The van der Waals surface area contributed by atoms with Gasteiger partial charge in [-0.3, -0.25) is 4.90 Å². The highest BCUT2D eigenvalue weighted by Crippen LogP contribution is 2.26. The number of hydrogen-bond donors (Lipinski definition) is 1. The van der Waals surface area contributed by atoms with Gasteiger partial charge in [0.25, 0.3) is 0 Å². The molecule has 1 fully saturated rings. The summed E-state index contributed by atoms with van der Waals surface area (Å²) in [6.07, 6.45) is 8.62. The van der Waals surface area contributed by atoms with Crippen molar-refractivity contribution in [3.63, 3.8) is 0 Å². The summed E-state index contributed by atoms with van der Waals surface area (Å²) in [6, 6.07) is 13.6. The lowest BCUT2D eigenvalue weighted by Gasteiger charge is -2.37. The van der Waals surface area contributed by atoms with Crippen molar-refractivity contribution in [2.45, 2.75) is 52.5 Å². The molecule has 0 radical (unpaired) electrons. The van der Waals surface area contributed by atoms with E-state index in [1.807, 2.05) is 0 Å². The van der Waals surface area contributed by atoms with Crippen LogP contribution in [0.15, 0.2) is 42.6 Å². The minimum absolute atomic E-state index is 0. The van der Waals surface area contributed by atoms with Crippen LogP contribution in [0.3, 0.4) is 0 Å². The van der Waals surface area contributed by atoms with Gasteiger partial charge in [-0.15, -0.1) is 24.8 Å². The van der Waals surface area contributed by atoms with Gasteiger partial charge in [0.05, 0.1) is 0 Å². The first-order valence-corrected chi connectivity index (χ1v) is 12.2. The van der Waals surface area contributed by atoms with Gasteiger partial charge < -0.3 is 15.4 Å². The zero-order chi connectivity index (χ0) is 21.2. The maximum atomic E-state index is 3.42. The molecule has 0 amide bonds. The third-order valence-electron chi connectivity index (χ3n) is 7.62. The minimum Gasteiger partial charge on any atom is -0.412 e. The Balaban J connectivity index is 0.00000136. The summed E-state index contributed by atoms with van der Waals surface area (Å²) in [5.74, 6) is 0.829. The second-order valence-corrected chi connectivity index (χ2v) is 9.96. The van der Waals surface area contributed by atoms with Crippen molar-refractivity contribution < 1.29 is 5.48 Å². The highest BCUT2D eigenvalue weighted by molar-refractivity contribution is 5.85. The van der Waals surface area contributed by atoms with Gasteiger partial charge in [0.15, 0.2) is 0 Å². The van der Waals surface area contributed by atoms with E-state index in [0.717, 1.165) is 12.5 Å². The van der Waals surface area contributed by atoms with Crippen LogP contribution in [0.25, 0.3) is 10.9 Å². The third-order valence-corrected chi connectivity index (χ3v) is 7.62. The molecular formula is C28H41Cl2N3O. The SMILES string of the molecule is Cc1cc2c(cc1C)CN(CC1CCCN(CCCc3c[nH]c4ccccc34)C1)CC2.Cl.Cl.O. The number of likely N-dealkylation sites (tertiary alicyclic amines) is 1. The van der Waals surface area contributed by atoms with E-state index in [1.165, 1.54) is 92.4 Å². The molecule has 0 spiro atoms. The molecule has 1 aromatic heterocycles. The van der Waals surface area contributed by atoms with E-state index >= 15 is 0 Å². The average Bonchev–Trinajstić information content (AvgIpc) is 3.18. The van der Waals surface area contributed by atoms with E-state index in [0.29, 0.717) is 0 Å². The molecule has 3 heterocycles. The summed E-state index contributed by atoms with van der Waals surface area (Å²) in [5.41, 5.74) is 8.79. The van der Waals surface area contributed by atoms with Crippen molar-refractivity contribution in [2.75, 3.05) is 32.7 Å². The molecule has 3 aromatic rings. The molecule has 1 atom stereocenters. The molecular weight excluding hydrogens is 465 g/mol. The molecule has 4 nitrogen and oxygen atoms in total. The largest absolute Gasteiger partial charge is 0.412 e. The molecule has 6 heteroatoms. The number of para-hydroxylation sites is 1. The lowest BCUT2D eigenvalue weighted by atomic mass is 9.92. The van der Waals surface area contributed by atoms with Gasteiger partial charge in [-0.25, -0.2) is 0 Å². The van der Waals surface area contributed by atoms with Gasteiger partial charge in [0.2, 0.25) is 0 Å². The first-order valence-electron chi connectivity index (χ1n) is 12.2. The second kappa shape index (κ2) is 12.9. The summed E-state index contributed by atoms with van der Waals surface area (Å²) in [7, 11) is 0. The first kappa shape index (κ1) is 28.7. The lowest BCUT2D eigenvalue weighted by molar-refractivity contribution is 0.126. The van der Waals surface area contributed by atoms with Crippen LogP contribution in [0.5, 0.6) is 0 Å².